The summed E-state index contributed by atoms with van der Waals surface area (Å²) in [4.78, 5) is 33.1. The van der Waals surface area contributed by atoms with Crippen molar-refractivity contribution in [3.05, 3.63) is 89.3 Å². The topological polar surface area (TPSA) is 157 Å². The number of aromatic nitrogens is 6. The largest absolute Gasteiger partial charge is 0.453 e. The van der Waals surface area contributed by atoms with E-state index in [2.05, 4.69) is 40.6 Å². The van der Waals surface area contributed by atoms with Crippen molar-refractivity contribution in [1.29, 1.82) is 0 Å². The summed E-state index contributed by atoms with van der Waals surface area (Å²) in [6.45, 7) is 2.47. The first-order chi connectivity index (χ1) is 25.6. The Bertz CT molecular complexity index is 2550. The summed E-state index contributed by atoms with van der Waals surface area (Å²) >= 11 is 6.59. The molecule has 1 amide bonds. The van der Waals surface area contributed by atoms with Crippen LogP contribution in [-0.4, -0.2) is 75.2 Å². The molecule has 3 aromatic carbocycles. The monoisotopic (exact) mass is 753 g/mol. The number of rotatable bonds is 9. The van der Waals surface area contributed by atoms with E-state index in [0.717, 1.165) is 35.2 Å². The first kappa shape index (κ1) is 33.6. The molecule has 270 valence electrons. The summed E-state index contributed by atoms with van der Waals surface area (Å²) in [5.41, 5.74) is 1.38. The number of piperazine rings is 1. The Labute approximate surface area is 308 Å². The number of benzene rings is 3. The van der Waals surface area contributed by atoms with Gasteiger partial charge < -0.3 is 20.3 Å². The first-order valence-corrected chi connectivity index (χ1v) is 19.2. The molecule has 0 radical (unpaired) electrons. The van der Waals surface area contributed by atoms with E-state index >= 15 is 4.39 Å². The molecule has 2 unspecified atom stereocenters. The number of fused-ring (bicyclic) bond motifs is 4. The molecule has 2 atom stereocenters. The lowest BCUT2D eigenvalue weighted by Gasteiger charge is -2.34. The van der Waals surface area contributed by atoms with Gasteiger partial charge in [0.1, 0.15) is 23.4 Å². The third kappa shape index (κ3) is 6.21. The van der Waals surface area contributed by atoms with E-state index in [4.69, 9.17) is 16.3 Å². The number of carbonyl (C=O) groups excluding carboxylic acids is 1. The van der Waals surface area contributed by atoms with Crippen molar-refractivity contribution >= 4 is 60.7 Å². The molecule has 1 saturated carbocycles. The van der Waals surface area contributed by atoms with Crippen molar-refractivity contribution in [2.75, 3.05) is 29.9 Å². The SMILES string of the molecule is Cc1cc(NC(=O)COc2nc(N3CC4CCC(C3)N4)c3cnc(-c4cccc5cccc(Cl)c45)c(F)c3n2)ccc1S(=O)(=O)n1cnc(C2CC2)n1. The second-order valence-electron chi connectivity index (χ2n) is 13.8. The minimum Gasteiger partial charge on any atom is -0.453 e. The van der Waals surface area contributed by atoms with Gasteiger partial charge in [-0.15, -0.1) is 9.19 Å². The molecule has 2 aliphatic heterocycles. The number of nitrogens with one attached hydrogen (secondary N) is 2. The minimum absolute atomic E-state index is 0.00870. The van der Waals surface area contributed by atoms with E-state index in [0.29, 0.717) is 57.3 Å². The molecule has 3 aliphatic rings. The number of nitrogens with zero attached hydrogens (tertiary/aromatic N) is 7. The number of aryl methyl sites for hydroxylation is 1. The fourth-order valence-corrected chi connectivity index (χ4v) is 8.88. The Kier molecular flexibility index (Phi) is 8.24. The maximum atomic E-state index is 16.7. The van der Waals surface area contributed by atoms with Gasteiger partial charge in [0.2, 0.25) is 0 Å². The van der Waals surface area contributed by atoms with Crippen LogP contribution in [0.15, 0.2) is 72.0 Å². The van der Waals surface area contributed by atoms with Gasteiger partial charge in [-0.05, 0) is 67.8 Å². The lowest BCUT2D eigenvalue weighted by Crippen LogP contribution is -2.51. The standard InChI is InChI=1S/C37H33ClFN9O4S/c1-20-14-23(12-13-29(20)53(50,51)48-19-41-35(46-48)22-8-9-22)43-30(49)18-52-37-44-34-27(36(45-37)47-16-24-10-11-25(17-47)42-24)15-40-33(32(34)39)26-6-2-4-21-5-3-7-28(38)31(21)26/h2-7,12-15,19,22,24-25,42H,8-11,16-18H2,1H3,(H,43,49). The summed E-state index contributed by atoms with van der Waals surface area (Å²) in [6.07, 6.45) is 6.75. The number of carbonyl (C=O) groups is 1. The summed E-state index contributed by atoms with van der Waals surface area (Å²) in [5, 5.41) is 12.9. The molecule has 9 rings (SSSR count). The highest BCUT2D eigenvalue weighted by Gasteiger charge is 2.34. The predicted molar refractivity (Wildman–Crippen MR) is 197 cm³/mol. The zero-order valence-electron chi connectivity index (χ0n) is 28.5. The summed E-state index contributed by atoms with van der Waals surface area (Å²) in [7, 11) is -3.98. The molecule has 6 aromatic rings. The number of pyridine rings is 1. The number of hydrogen-bond donors (Lipinski definition) is 2. The van der Waals surface area contributed by atoms with Crippen LogP contribution in [0.1, 0.15) is 43.0 Å². The van der Waals surface area contributed by atoms with Crippen molar-refractivity contribution in [2.24, 2.45) is 0 Å². The van der Waals surface area contributed by atoms with Crippen molar-refractivity contribution in [2.45, 2.75) is 55.5 Å². The van der Waals surface area contributed by atoms with Crippen LogP contribution in [0.4, 0.5) is 15.9 Å². The zero-order valence-corrected chi connectivity index (χ0v) is 30.0. The van der Waals surface area contributed by atoms with E-state index in [1.165, 1.54) is 18.5 Å². The summed E-state index contributed by atoms with van der Waals surface area (Å²) in [5.74, 6) is -0.00320. The van der Waals surface area contributed by atoms with Crippen LogP contribution in [0.3, 0.4) is 0 Å². The number of ether oxygens (including phenoxy) is 1. The molecule has 3 fully saturated rings. The molecule has 0 spiro atoms. The Morgan fingerprint density at radius 1 is 1.04 bits per heavy atom. The molecule has 3 aromatic heterocycles. The molecule has 1 aliphatic carbocycles. The van der Waals surface area contributed by atoms with Gasteiger partial charge >= 0.3 is 6.01 Å². The quantitative estimate of drug-likeness (QED) is 0.189. The summed E-state index contributed by atoms with van der Waals surface area (Å²) in [6, 6.07) is 15.8. The molecular formula is C37H33ClFN9O4S. The van der Waals surface area contributed by atoms with Crippen LogP contribution >= 0.6 is 11.6 Å². The highest BCUT2D eigenvalue weighted by molar-refractivity contribution is 7.89. The van der Waals surface area contributed by atoms with Crippen LogP contribution in [0.25, 0.3) is 32.9 Å². The number of halogens is 2. The number of hydrogen-bond acceptors (Lipinski definition) is 11. The zero-order chi connectivity index (χ0) is 36.4. The van der Waals surface area contributed by atoms with Crippen LogP contribution < -0.4 is 20.3 Å². The molecule has 53 heavy (non-hydrogen) atoms. The van der Waals surface area contributed by atoms with Crippen molar-refractivity contribution in [3.8, 4) is 17.3 Å². The fourth-order valence-electron chi connectivity index (χ4n) is 7.33. The van der Waals surface area contributed by atoms with Crippen molar-refractivity contribution in [3.63, 3.8) is 0 Å². The molecule has 2 saturated heterocycles. The van der Waals surface area contributed by atoms with Crippen LogP contribution in [0.5, 0.6) is 6.01 Å². The van der Waals surface area contributed by atoms with Gasteiger partial charge in [0.25, 0.3) is 15.9 Å². The molecule has 5 heterocycles. The van der Waals surface area contributed by atoms with E-state index < -0.39 is 28.4 Å². The predicted octanol–water partition coefficient (Wildman–Crippen LogP) is 5.61. The Hall–Kier alpha value is -5.25. The number of anilines is 2. The van der Waals surface area contributed by atoms with Crippen LogP contribution in [0.2, 0.25) is 5.02 Å². The van der Waals surface area contributed by atoms with Gasteiger partial charge in [-0.2, -0.15) is 18.4 Å². The smallest absolute Gasteiger partial charge is 0.319 e. The Morgan fingerprint density at radius 2 is 1.81 bits per heavy atom. The molecule has 2 bridgehead atoms. The normalized spacial score (nSPS) is 18.5. The van der Waals surface area contributed by atoms with Gasteiger partial charge in [-0.3, -0.25) is 9.78 Å². The van der Waals surface area contributed by atoms with Gasteiger partial charge in [0.15, 0.2) is 18.2 Å². The molecule has 16 heteroatoms. The third-order valence-corrected chi connectivity index (χ3v) is 12.0. The third-order valence-electron chi connectivity index (χ3n) is 10.0. The lowest BCUT2D eigenvalue weighted by molar-refractivity contribution is -0.118. The Morgan fingerprint density at radius 3 is 2.57 bits per heavy atom. The first-order valence-electron chi connectivity index (χ1n) is 17.4. The van der Waals surface area contributed by atoms with E-state index in [1.54, 1.807) is 31.3 Å². The average Bonchev–Trinajstić information content (AvgIpc) is 3.77. The second kappa shape index (κ2) is 13.0. The van der Waals surface area contributed by atoms with E-state index in [1.807, 2.05) is 24.3 Å². The molecule has 13 nitrogen and oxygen atoms in total. The maximum Gasteiger partial charge on any atom is 0.319 e. The van der Waals surface area contributed by atoms with E-state index in [-0.39, 0.29) is 40.1 Å². The maximum absolute atomic E-state index is 16.7. The average molecular weight is 754 g/mol. The van der Waals surface area contributed by atoms with Gasteiger partial charge in [-0.25, -0.2) is 9.37 Å². The highest BCUT2D eigenvalue weighted by atomic mass is 35.5. The summed E-state index contributed by atoms with van der Waals surface area (Å²) < 4.78 is 49.9. The highest BCUT2D eigenvalue weighted by Crippen LogP contribution is 2.39. The lowest BCUT2D eigenvalue weighted by atomic mass is 10.0. The van der Waals surface area contributed by atoms with Crippen molar-refractivity contribution in [1.82, 2.24) is 34.4 Å². The van der Waals surface area contributed by atoms with Gasteiger partial charge in [0.05, 0.1) is 10.3 Å². The Balaban J connectivity index is 0.996. The van der Waals surface area contributed by atoms with Crippen molar-refractivity contribution < 1.29 is 22.3 Å². The van der Waals surface area contributed by atoms with Gasteiger partial charge in [-0.1, -0.05) is 41.9 Å². The second-order valence-corrected chi connectivity index (χ2v) is 15.9. The minimum atomic E-state index is -3.98. The van der Waals surface area contributed by atoms with Crippen LogP contribution in [0, 0.1) is 12.7 Å². The van der Waals surface area contributed by atoms with E-state index in [9.17, 15) is 13.2 Å². The number of amides is 1. The van der Waals surface area contributed by atoms with Gasteiger partial charge in [0, 0.05) is 58.9 Å². The van der Waals surface area contributed by atoms with Crippen LogP contribution in [-0.2, 0) is 14.8 Å². The fraction of sp³-hybridized carbons (Fsp3) is 0.297. The molecule has 2 N–H and O–H groups in total. The molecular weight excluding hydrogens is 721 g/mol.